The van der Waals surface area contributed by atoms with Crippen LogP contribution in [0.4, 0.5) is 11.8 Å². The van der Waals surface area contributed by atoms with E-state index in [1.165, 1.54) is 0 Å². The fraction of sp³-hybridized carbons (Fsp3) is 0.714. The van der Waals surface area contributed by atoms with Crippen molar-refractivity contribution in [3.05, 3.63) is 11.8 Å². The van der Waals surface area contributed by atoms with Crippen LogP contribution in [0, 0.1) is 6.92 Å². The standard InChI is InChI=1S/C14H26N6/c1-9-8-15-14(17-13(9)20(4)5)16-10(2)6-12-7-11(3)18-19-12/h8,10-12,18-19H,6-7H2,1-5H3,(H,15,16,17). The molecular weight excluding hydrogens is 252 g/mol. The van der Waals surface area contributed by atoms with Gasteiger partial charge in [-0.1, -0.05) is 0 Å². The van der Waals surface area contributed by atoms with E-state index in [0.717, 1.165) is 24.2 Å². The summed E-state index contributed by atoms with van der Waals surface area (Å²) in [6, 6.07) is 1.38. The van der Waals surface area contributed by atoms with Crippen LogP contribution in [-0.4, -0.2) is 42.2 Å². The van der Waals surface area contributed by atoms with Crippen molar-refractivity contribution in [2.24, 2.45) is 0 Å². The van der Waals surface area contributed by atoms with E-state index in [2.05, 4.69) is 40.0 Å². The molecule has 0 bridgehead atoms. The summed E-state index contributed by atoms with van der Waals surface area (Å²) >= 11 is 0. The highest BCUT2D eigenvalue weighted by molar-refractivity contribution is 5.47. The van der Waals surface area contributed by atoms with E-state index in [1.54, 1.807) is 0 Å². The third kappa shape index (κ3) is 3.80. The molecule has 1 aliphatic heterocycles. The molecule has 3 atom stereocenters. The second kappa shape index (κ2) is 6.37. The van der Waals surface area contributed by atoms with Crippen LogP contribution < -0.4 is 21.1 Å². The number of aromatic nitrogens is 2. The van der Waals surface area contributed by atoms with Crippen LogP contribution in [0.5, 0.6) is 0 Å². The summed E-state index contributed by atoms with van der Waals surface area (Å²) in [6.07, 6.45) is 4.07. The van der Waals surface area contributed by atoms with Gasteiger partial charge >= 0.3 is 0 Å². The van der Waals surface area contributed by atoms with Gasteiger partial charge in [0.05, 0.1) is 0 Å². The van der Waals surface area contributed by atoms with Crippen LogP contribution in [0.1, 0.15) is 32.3 Å². The lowest BCUT2D eigenvalue weighted by molar-refractivity contribution is 0.492. The number of aryl methyl sites for hydroxylation is 1. The number of hydrazine groups is 1. The van der Waals surface area contributed by atoms with Gasteiger partial charge in [-0.05, 0) is 33.6 Å². The summed E-state index contributed by atoms with van der Waals surface area (Å²) in [7, 11) is 4.00. The van der Waals surface area contributed by atoms with E-state index in [4.69, 9.17) is 0 Å². The van der Waals surface area contributed by atoms with Crippen LogP contribution in [0.25, 0.3) is 0 Å². The van der Waals surface area contributed by atoms with E-state index in [-0.39, 0.29) is 0 Å². The van der Waals surface area contributed by atoms with Crippen molar-refractivity contribution >= 4 is 11.8 Å². The Bertz CT molecular complexity index is 447. The van der Waals surface area contributed by atoms with Crippen molar-refractivity contribution in [3.8, 4) is 0 Å². The summed E-state index contributed by atoms with van der Waals surface area (Å²) in [6.45, 7) is 6.39. The second-order valence-corrected chi connectivity index (χ2v) is 6.00. The van der Waals surface area contributed by atoms with Gasteiger partial charge in [0.25, 0.3) is 0 Å². The third-order valence-corrected chi connectivity index (χ3v) is 3.55. The summed E-state index contributed by atoms with van der Waals surface area (Å²) in [4.78, 5) is 10.9. The lowest BCUT2D eigenvalue weighted by Crippen LogP contribution is -2.35. The minimum Gasteiger partial charge on any atom is -0.362 e. The van der Waals surface area contributed by atoms with Gasteiger partial charge in [-0.25, -0.2) is 4.98 Å². The van der Waals surface area contributed by atoms with Crippen molar-refractivity contribution in [2.75, 3.05) is 24.3 Å². The molecule has 1 saturated heterocycles. The first kappa shape index (κ1) is 15.0. The summed E-state index contributed by atoms with van der Waals surface area (Å²) < 4.78 is 0. The average molecular weight is 278 g/mol. The van der Waals surface area contributed by atoms with E-state index < -0.39 is 0 Å². The molecule has 0 aromatic carbocycles. The molecule has 1 aromatic rings. The Morgan fingerprint density at radius 3 is 2.80 bits per heavy atom. The average Bonchev–Trinajstić information content (AvgIpc) is 2.76. The Morgan fingerprint density at radius 2 is 2.20 bits per heavy atom. The largest absolute Gasteiger partial charge is 0.362 e. The van der Waals surface area contributed by atoms with E-state index in [0.29, 0.717) is 24.1 Å². The quantitative estimate of drug-likeness (QED) is 0.754. The number of anilines is 2. The summed E-state index contributed by atoms with van der Waals surface area (Å²) in [5.41, 5.74) is 7.66. The predicted molar refractivity (Wildman–Crippen MR) is 82.9 cm³/mol. The molecule has 0 saturated carbocycles. The Kier molecular flexibility index (Phi) is 4.77. The van der Waals surface area contributed by atoms with Gasteiger partial charge in [0, 0.05) is 44.0 Å². The predicted octanol–water partition coefficient (Wildman–Crippen LogP) is 1.30. The maximum Gasteiger partial charge on any atom is 0.224 e. The van der Waals surface area contributed by atoms with Gasteiger partial charge in [-0.2, -0.15) is 4.98 Å². The molecule has 3 N–H and O–H groups in total. The van der Waals surface area contributed by atoms with Gasteiger partial charge in [0.2, 0.25) is 5.95 Å². The monoisotopic (exact) mass is 278 g/mol. The van der Waals surface area contributed by atoms with E-state index in [1.807, 2.05) is 32.1 Å². The minimum absolute atomic E-state index is 0.331. The van der Waals surface area contributed by atoms with Crippen LogP contribution in [0.3, 0.4) is 0 Å². The van der Waals surface area contributed by atoms with Gasteiger partial charge in [-0.3, -0.25) is 10.9 Å². The van der Waals surface area contributed by atoms with Crippen molar-refractivity contribution in [3.63, 3.8) is 0 Å². The number of hydrogen-bond acceptors (Lipinski definition) is 6. The van der Waals surface area contributed by atoms with Crippen molar-refractivity contribution in [2.45, 2.75) is 51.7 Å². The van der Waals surface area contributed by atoms with Crippen LogP contribution in [-0.2, 0) is 0 Å². The molecule has 2 heterocycles. The minimum atomic E-state index is 0.331. The number of hydrogen-bond donors (Lipinski definition) is 3. The zero-order valence-corrected chi connectivity index (χ0v) is 13.1. The SMILES string of the molecule is Cc1cnc(NC(C)CC2CC(C)NN2)nc1N(C)C. The first-order valence-corrected chi connectivity index (χ1v) is 7.24. The molecule has 3 unspecified atom stereocenters. The number of nitrogens with zero attached hydrogens (tertiary/aromatic N) is 3. The van der Waals surface area contributed by atoms with Gasteiger partial charge in [0.1, 0.15) is 5.82 Å². The fourth-order valence-corrected chi connectivity index (χ4v) is 2.62. The summed E-state index contributed by atoms with van der Waals surface area (Å²) in [5, 5.41) is 3.39. The molecule has 0 aliphatic carbocycles. The lowest BCUT2D eigenvalue weighted by Gasteiger charge is -2.20. The van der Waals surface area contributed by atoms with E-state index >= 15 is 0 Å². The number of nitrogens with one attached hydrogen (secondary N) is 3. The highest BCUT2D eigenvalue weighted by Gasteiger charge is 2.22. The van der Waals surface area contributed by atoms with Crippen LogP contribution >= 0.6 is 0 Å². The molecular formula is C14H26N6. The van der Waals surface area contributed by atoms with Gasteiger partial charge < -0.3 is 10.2 Å². The Balaban J connectivity index is 1.94. The molecule has 6 nitrogen and oxygen atoms in total. The second-order valence-electron chi connectivity index (χ2n) is 6.00. The molecule has 1 aliphatic rings. The topological polar surface area (TPSA) is 65.1 Å². The molecule has 1 fully saturated rings. The fourth-order valence-electron chi connectivity index (χ4n) is 2.62. The highest BCUT2D eigenvalue weighted by atomic mass is 15.4. The molecule has 1 aromatic heterocycles. The Morgan fingerprint density at radius 1 is 1.45 bits per heavy atom. The Hall–Kier alpha value is -1.40. The van der Waals surface area contributed by atoms with Crippen molar-refractivity contribution in [1.82, 2.24) is 20.8 Å². The first-order chi connectivity index (χ1) is 9.45. The maximum absolute atomic E-state index is 4.57. The first-order valence-electron chi connectivity index (χ1n) is 7.24. The molecule has 6 heteroatoms. The zero-order valence-electron chi connectivity index (χ0n) is 13.1. The third-order valence-electron chi connectivity index (χ3n) is 3.55. The normalized spacial score (nSPS) is 23.6. The van der Waals surface area contributed by atoms with Gasteiger partial charge in [-0.15, -0.1) is 0 Å². The highest BCUT2D eigenvalue weighted by Crippen LogP contribution is 2.17. The molecule has 0 spiro atoms. The molecule has 20 heavy (non-hydrogen) atoms. The van der Waals surface area contributed by atoms with Crippen LogP contribution in [0.2, 0.25) is 0 Å². The smallest absolute Gasteiger partial charge is 0.224 e. The van der Waals surface area contributed by atoms with E-state index in [9.17, 15) is 0 Å². The van der Waals surface area contributed by atoms with Crippen LogP contribution in [0.15, 0.2) is 6.20 Å². The maximum atomic E-state index is 4.57. The number of rotatable bonds is 5. The lowest BCUT2D eigenvalue weighted by atomic mass is 10.0. The summed E-state index contributed by atoms with van der Waals surface area (Å²) in [5.74, 6) is 1.66. The molecule has 0 radical (unpaired) electrons. The molecule has 112 valence electrons. The molecule has 2 rings (SSSR count). The van der Waals surface area contributed by atoms with Crippen molar-refractivity contribution < 1.29 is 0 Å². The zero-order chi connectivity index (χ0) is 14.7. The van der Waals surface area contributed by atoms with Crippen molar-refractivity contribution in [1.29, 1.82) is 0 Å². The van der Waals surface area contributed by atoms with Gasteiger partial charge in [0.15, 0.2) is 0 Å². The molecule has 0 amide bonds. The Labute approximate surface area is 121 Å².